The van der Waals surface area contributed by atoms with E-state index in [1.54, 1.807) is 6.08 Å². The van der Waals surface area contributed by atoms with Crippen LogP contribution in [-0.4, -0.2) is 27.9 Å². The number of amides is 1. The SMILES string of the molecule is O=C(O)C1=CC=C(c2ccccc2)CC1(Cl)C(=O)NC1CC1. The molecule has 4 nitrogen and oxygen atoms in total. The van der Waals surface area contributed by atoms with Crippen molar-refractivity contribution in [3.8, 4) is 0 Å². The number of hydrogen-bond donors (Lipinski definition) is 2. The van der Waals surface area contributed by atoms with Gasteiger partial charge in [-0.3, -0.25) is 4.79 Å². The van der Waals surface area contributed by atoms with Crippen LogP contribution in [0.4, 0.5) is 0 Å². The van der Waals surface area contributed by atoms with Crippen LogP contribution in [0.2, 0.25) is 0 Å². The van der Waals surface area contributed by atoms with Gasteiger partial charge in [0.2, 0.25) is 5.91 Å². The Kier molecular flexibility index (Phi) is 3.79. The lowest BCUT2D eigenvalue weighted by atomic mass is 9.83. The molecule has 1 aromatic rings. The number of carbonyl (C=O) groups excluding carboxylic acids is 1. The quantitative estimate of drug-likeness (QED) is 0.839. The fraction of sp³-hybridized carbons (Fsp3) is 0.294. The Morgan fingerprint density at radius 2 is 1.86 bits per heavy atom. The first-order valence-electron chi connectivity index (χ1n) is 7.20. The Bertz CT molecular complexity index is 676. The molecule has 114 valence electrons. The van der Waals surface area contributed by atoms with Crippen molar-refractivity contribution in [1.82, 2.24) is 5.32 Å². The van der Waals surface area contributed by atoms with E-state index in [4.69, 9.17) is 11.6 Å². The van der Waals surface area contributed by atoms with E-state index < -0.39 is 16.8 Å². The minimum Gasteiger partial charge on any atom is -0.478 e. The molecule has 2 N–H and O–H groups in total. The van der Waals surface area contributed by atoms with Crippen LogP contribution in [0.5, 0.6) is 0 Å². The number of carboxylic acids is 1. The van der Waals surface area contributed by atoms with Crippen LogP contribution < -0.4 is 5.32 Å². The van der Waals surface area contributed by atoms with Gasteiger partial charge in [-0.05, 0) is 30.1 Å². The number of aliphatic carboxylic acids is 1. The van der Waals surface area contributed by atoms with Crippen LogP contribution in [0.25, 0.3) is 5.57 Å². The molecule has 1 saturated carbocycles. The van der Waals surface area contributed by atoms with Crippen molar-refractivity contribution >= 4 is 29.1 Å². The first kappa shape index (κ1) is 14.9. The van der Waals surface area contributed by atoms with Crippen LogP contribution in [0.1, 0.15) is 24.8 Å². The molecule has 1 aromatic carbocycles. The maximum absolute atomic E-state index is 12.5. The molecule has 3 rings (SSSR count). The number of alkyl halides is 1. The first-order chi connectivity index (χ1) is 10.5. The van der Waals surface area contributed by atoms with Gasteiger partial charge in [0, 0.05) is 12.5 Å². The predicted molar refractivity (Wildman–Crippen MR) is 84.5 cm³/mol. The fourth-order valence-electron chi connectivity index (χ4n) is 2.55. The summed E-state index contributed by atoms with van der Waals surface area (Å²) in [7, 11) is 0. The van der Waals surface area contributed by atoms with Crippen LogP contribution in [0, 0.1) is 0 Å². The molecule has 1 atom stereocenters. The second-order valence-corrected chi connectivity index (χ2v) is 6.31. The van der Waals surface area contributed by atoms with E-state index in [-0.39, 0.29) is 18.0 Å². The standard InChI is InChI=1S/C17H16ClNO3/c18-17(16(22)19-13-7-8-13)10-12(6-9-14(17)15(20)21)11-4-2-1-3-5-11/h1-6,9,13H,7-8,10H2,(H,19,22)(H,20,21). The number of hydrogen-bond acceptors (Lipinski definition) is 2. The van der Waals surface area contributed by atoms with E-state index in [1.807, 2.05) is 30.3 Å². The van der Waals surface area contributed by atoms with Crippen molar-refractivity contribution in [2.75, 3.05) is 0 Å². The summed E-state index contributed by atoms with van der Waals surface area (Å²) >= 11 is 6.50. The molecular weight excluding hydrogens is 302 g/mol. The zero-order valence-electron chi connectivity index (χ0n) is 11.9. The van der Waals surface area contributed by atoms with Crippen molar-refractivity contribution in [2.24, 2.45) is 0 Å². The highest BCUT2D eigenvalue weighted by Gasteiger charge is 2.46. The third kappa shape index (κ3) is 2.79. The molecule has 0 saturated heterocycles. The van der Waals surface area contributed by atoms with E-state index >= 15 is 0 Å². The van der Waals surface area contributed by atoms with Gasteiger partial charge in [-0.2, -0.15) is 0 Å². The molecule has 0 radical (unpaired) electrons. The number of carbonyl (C=O) groups is 2. The molecule has 0 aromatic heterocycles. The lowest BCUT2D eigenvalue weighted by Gasteiger charge is -2.30. The van der Waals surface area contributed by atoms with Crippen molar-refractivity contribution in [3.05, 3.63) is 53.6 Å². The first-order valence-corrected chi connectivity index (χ1v) is 7.58. The van der Waals surface area contributed by atoms with E-state index in [0.717, 1.165) is 24.0 Å². The van der Waals surface area contributed by atoms with E-state index in [2.05, 4.69) is 5.32 Å². The van der Waals surface area contributed by atoms with Gasteiger partial charge in [0.15, 0.2) is 4.87 Å². The third-order valence-corrected chi connectivity index (χ3v) is 4.47. The average Bonchev–Trinajstić information content (AvgIpc) is 3.31. The average molecular weight is 318 g/mol. The lowest BCUT2D eigenvalue weighted by molar-refractivity contribution is -0.135. The summed E-state index contributed by atoms with van der Waals surface area (Å²) in [6.07, 6.45) is 5.17. The molecule has 2 aliphatic rings. The zero-order valence-corrected chi connectivity index (χ0v) is 12.6. The van der Waals surface area contributed by atoms with E-state index in [1.165, 1.54) is 6.08 Å². The highest BCUT2D eigenvalue weighted by molar-refractivity contribution is 6.40. The highest BCUT2D eigenvalue weighted by Crippen LogP contribution is 2.40. The Hall–Kier alpha value is -2.07. The summed E-state index contributed by atoms with van der Waals surface area (Å²) in [4.78, 5) is 22.4. The number of allylic oxidation sites excluding steroid dienone is 3. The Morgan fingerprint density at radius 1 is 1.18 bits per heavy atom. The summed E-state index contributed by atoms with van der Waals surface area (Å²) in [5, 5.41) is 12.2. The second-order valence-electron chi connectivity index (χ2n) is 5.67. The summed E-state index contributed by atoms with van der Waals surface area (Å²) in [5.41, 5.74) is 1.71. The minimum atomic E-state index is -1.56. The molecule has 1 fully saturated rings. The minimum absolute atomic E-state index is 0.0769. The molecule has 22 heavy (non-hydrogen) atoms. The van der Waals surface area contributed by atoms with Crippen molar-refractivity contribution in [2.45, 2.75) is 30.2 Å². The van der Waals surface area contributed by atoms with Gasteiger partial charge >= 0.3 is 5.97 Å². The third-order valence-electron chi connectivity index (χ3n) is 3.96. The van der Waals surface area contributed by atoms with Crippen molar-refractivity contribution < 1.29 is 14.7 Å². The molecule has 0 aliphatic heterocycles. The summed E-state index contributed by atoms with van der Waals surface area (Å²) in [5.74, 6) is -1.59. The Morgan fingerprint density at radius 3 is 2.45 bits per heavy atom. The van der Waals surface area contributed by atoms with Crippen molar-refractivity contribution in [1.29, 1.82) is 0 Å². The normalized spacial score (nSPS) is 24.2. The van der Waals surface area contributed by atoms with E-state index in [9.17, 15) is 14.7 Å². The highest BCUT2D eigenvalue weighted by atomic mass is 35.5. The van der Waals surface area contributed by atoms with Crippen LogP contribution in [-0.2, 0) is 9.59 Å². The van der Waals surface area contributed by atoms with Gasteiger partial charge in [-0.1, -0.05) is 36.4 Å². The van der Waals surface area contributed by atoms with Gasteiger partial charge in [-0.15, -0.1) is 11.6 Å². The van der Waals surface area contributed by atoms with Crippen LogP contribution in [0.15, 0.2) is 48.1 Å². The zero-order chi connectivity index (χ0) is 15.7. The molecule has 0 heterocycles. The van der Waals surface area contributed by atoms with Gasteiger partial charge in [0.25, 0.3) is 0 Å². The Labute approximate surface area is 133 Å². The Balaban J connectivity index is 1.94. The summed E-state index contributed by atoms with van der Waals surface area (Å²) in [6.45, 7) is 0. The largest absolute Gasteiger partial charge is 0.478 e. The molecule has 5 heteroatoms. The van der Waals surface area contributed by atoms with Crippen LogP contribution >= 0.6 is 11.6 Å². The topological polar surface area (TPSA) is 66.4 Å². The van der Waals surface area contributed by atoms with Crippen LogP contribution in [0.3, 0.4) is 0 Å². The number of carboxylic acid groups (broad SMARTS) is 1. The van der Waals surface area contributed by atoms with Gasteiger partial charge in [0.1, 0.15) is 0 Å². The molecular formula is C17H16ClNO3. The summed E-state index contributed by atoms with van der Waals surface area (Å²) in [6, 6.07) is 9.66. The number of rotatable bonds is 4. The van der Waals surface area contributed by atoms with Gasteiger partial charge in [0.05, 0.1) is 5.57 Å². The fourth-order valence-corrected chi connectivity index (χ4v) is 2.90. The molecule has 2 aliphatic carbocycles. The maximum Gasteiger partial charge on any atom is 0.333 e. The molecule has 0 bridgehead atoms. The maximum atomic E-state index is 12.5. The van der Waals surface area contributed by atoms with E-state index in [0.29, 0.717) is 0 Å². The number of halogens is 1. The monoisotopic (exact) mass is 317 g/mol. The molecule has 0 spiro atoms. The smallest absolute Gasteiger partial charge is 0.333 e. The lowest BCUT2D eigenvalue weighted by Crippen LogP contribution is -2.47. The molecule has 1 unspecified atom stereocenters. The summed E-state index contributed by atoms with van der Waals surface area (Å²) < 4.78 is 0. The van der Waals surface area contributed by atoms with Gasteiger partial charge < -0.3 is 10.4 Å². The second kappa shape index (κ2) is 5.61. The van der Waals surface area contributed by atoms with Gasteiger partial charge in [-0.25, -0.2) is 4.79 Å². The number of benzene rings is 1. The predicted octanol–water partition coefficient (Wildman–Crippen LogP) is 2.74. The van der Waals surface area contributed by atoms with Crippen molar-refractivity contribution in [3.63, 3.8) is 0 Å². The number of nitrogens with one attached hydrogen (secondary N) is 1. The molecule has 1 amide bonds.